The van der Waals surface area contributed by atoms with Crippen molar-refractivity contribution >= 4 is 27.9 Å². The van der Waals surface area contributed by atoms with Crippen molar-refractivity contribution in [3.8, 4) is 0 Å². The van der Waals surface area contributed by atoms with Crippen molar-refractivity contribution in [1.29, 1.82) is 0 Å². The van der Waals surface area contributed by atoms with Crippen LogP contribution in [0.15, 0.2) is 16.7 Å². The molecule has 0 radical (unpaired) electrons. The Morgan fingerprint density at radius 3 is 2.58 bits per heavy atom. The summed E-state index contributed by atoms with van der Waals surface area (Å²) in [6.07, 6.45) is 1.34. The number of aryl methyl sites for hydroxylation is 1. The fraction of sp³-hybridized carbons (Fsp3) is 0.588. The molecule has 2 amide bonds. The number of carbonyl (C=O) groups is 2. The first-order valence-electron chi connectivity index (χ1n) is 7.99. The molecule has 2 heterocycles. The van der Waals surface area contributed by atoms with Gasteiger partial charge in [-0.2, -0.15) is 0 Å². The Hall–Kier alpha value is -1.63. The summed E-state index contributed by atoms with van der Waals surface area (Å²) < 4.78 is 6.21. The third kappa shape index (κ3) is 4.47. The van der Waals surface area contributed by atoms with E-state index < -0.39 is 5.60 Å². The van der Waals surface area contributed by atoms with Crippen molar-refractivity contribution in [2.75, 3.05) is 19.6 Å². The molecule has 0 saturated carbocycles. The van der Waals surface area contributed by atoms with E-state index in [-0.39, 0.29) is 18.0 Å². The zero-order valence-corrected chi connectivity index (χ0v) is 16.4. The summed E-state index contributed by atoms with van der Waals surface area (Å²) in [7, 11) is 0. The number of aromatic nitrogens is 1. The number of nitrogens with zero attached hydrogens (tertiary/aromatic N) is 3. The molecule has 6 nitrogen and oxygen atoms in total. The van der Waals surface area contributed by atoms with Gasteiger partial charge in [0.05, 0.1) is 11.3 Å². The van der Waals surface area contributed by atoms with E-state index >= 15 is 0 Å². The Morgan fingerprint density at radius 2 is 2.00 bits per heavy atom. The van der Waals surface area contributed by atoms with Crippen molar-refractivity contribution in [2.24, 2.45) is 0 Å². The number of amides is 2. The topological polar surface area (TPSA) is 62.7 Å². The van der Waals surface area contributed by atoms with Crippen molar-refractivity contribution in [1.82, 2.24) is 14.8 Å². The predicted octanol–water partition coefficient (Wildman–Crippen LogP) is 3.23. The number of hydrogen-bond acceptors (Lipinski definition) is 4. The predicted molar refractivity (Wildman–Crippen MR) is 95.0 cm³/mol. The lowest BCUT2D eigenvalue weighted by molar-refractivity contribution is 0.00196. The molecule has 7 heteroatoms. The smallest absolute Gasteiger partial charge is 0.410 e. The van der Waals surface area contributed by atoms with Crippen LogP contribution < -0.4 is 0 Å². The zero-order valence-electron chi connectivity index (χ0n) is 14.8. The first-order chi connectivity index (χ1) is 11.1. The van der Waals surface area contributed by atoms with Gasteiger partial charge in [-0.15, -0.1) is 0 Å². The zero-order chi connectivity index (χ0) is 18.1. The van der Waals surface area contributed by atoms with Crippen LogP contribution in [0.5, 0.6) is 0 Å². The highest BCUT2D eigenvalue weighted by molar-refractivity contribution is 9.10. The monoisotopic (exact) mass is 397 g/mol. The quantitative estimate of drug-likeness (QED) is 0.729. The van der Waals surface area contributed by atoms with Crippen molar-refractivity contribution in [3.63, 3.8) is 0 Å². The maximum atomic E-state index is 12.8. The van der Waals surface area contributed by atoms with Crippen LogP contribution in [-0.4, -0.2) is 58.1 Å². The lowest BCUT2D eigenvalue weighted by Gasteiger charge is -2.40. The van der Waals surface area contributed by atoms with Gasteiger partial charge in [0.15, 0.2) is 0 Å². The molecule has 1 aromatic heterocycles. The average Bonchev–Trinajstić information content (AvgIpc) is 2.47. The largest absolute Gasteiger partial charge is 0.444 e. The molecule has 0 aromatic carbocycles. The molecule has 0 aliphatic carbocycles. The first-order valence-corrected chi connectivity index (χ1v) is 8.79. The third-order valence-electron chi connectivity index (χ3n) is 3.83. The molecule has 1 saturated heterocycles. The second-order valence-electron chi connectivity index (χ2n) is 7.06. The second-order valence-corrected chi connectivity index (χ2v) is 7.98. The molecule has 132 valence electrons. The fourth-order valence-electron chi connectivity index (χ4n) is 2.63. The number of pyridine rings is 1. The molecule has 1 atom stereocenters. The van der Waals surface area contributed by atoms with E-state index in [0.29, 0.717) is 30.9 Å². The first kappa shape index (κ1) is 18.7. The van der Waals surface area contributed by atoms with E-state index in [1.54, 1.807) is 22.1 Å². The van der Waals surface area contributed by atoms with Crippen molar-refractivity contribution in [2.45, 2.75) is 46.3 Å². The van der Waals surface area contributed by atoms with Crippen LogP contribution in [0.3, 0.4) is 0 Å². The molecule has 0 spiro atoms. The summed E-state index contributed by atoms with van der Waals surface area (Å²) in [5.74, 6) is -0.0583. The third-order valence-corrected chi connectivity index (χ3v) is 4.26. The van der Waals surface area contributed by atoms with Gasteiger partial charge in [0.2, 0.25) is 0 Å². The van der Waals surface area contributed by atoms with Gasteiger partial charge >= 0.3 is 6.09 Å². The summed E-state index contributed by atoms with van der Waals surface area (Å²) in [4.78, 5) is 32.7. The highest BCUT2D eigenvalue weighted by Gasteiger charge is 2.33. The van der Waals surface area contributed by atoms with Gasteiger partial charge in [0.25, 0.3) is 5.91 Å². The maximum absolute atomic E-state index is 12.8. The van der Waals surface area contributed by atoms with E-state index in [2.05, 4.69) is 20.9 Å². The molecule has 1 fully saturated rings. The van der Waals surface area contributed by atoms with E-state index in [0.717, 1.165) is 4.47 Å². The van der Waals surface area contributed by atoms with E-state index in [1.165, 1.54) is 0 Å². The van der Waals surface area contributed by atoms with Crippen LogP contribution >= 0.6 is 15.9 Å². The molecule has 24 heavy (non-hydrogen) atoms. The Morgan fingerprint density at radius 1 is 1.33 bits per heavy atom. The fourth-order valence-corrected chi connectivity index (χ4v) is 2.96. The molecular weight excluding hydrogens is 374 g/mol. The number of piperazine rings is 1. The van der Waals surface area contributed by atoms with Gasteiger partial charge in [-0.3, -0.25) is 9.78 Å². The summed E-state index contributed by atoms with van der Waals surface area (Å²) in [6, 6.07) is 1.69. The van der Waals surface area contributed by atoms with E-state index in [4.69, 9.17) is 4.74 Å². The van der Waals surface area contributed by atoms with Crippen LogP contribution in [0, 0.1) is 6.92 Å². The lowest BCUT2D eigenvalue weighted by atomic mass is 10.1. The summed E-state index contributed by atoms with van der Waals surface area (Å²) in [5.41, 5.74) is 0.760. The maximum Gasteiger partial charge on any atom is 0.410 e. The number of rotatable bonds is 1. The van der Waals surface area contributed by atoms with Gasteiger partial charge in [-0.1, -0.05) is 0 Å². The molecule has 0 unspecified atom stereocenters. The van der Waals surface area contributed by atoms with E-state index in [1.807, 2.05) is 34.6 Å². The Bertz CT molecular complexity index is 642. The van der Waals surface area contributed by atoms with Crippen LogP contribution in [0.2, 0.25) is 0 Å². The molecule has 0 N–H and O–H groups in total. The van der Waals surface area contributed by atoms with E-state index in [9.17, 15) is 9.59 Å². The van der Waals surface area contributed by atoms with Crippen molar-refractivity contribution < 1.29 is 14.3 Å². The molecule has 1 aliphatic heterocycles. The standard InChI is InChI=1S/C17H24BrN3O3/c1-11-10-20(6-7-21(11)16(23)24-17(3,4)5)15(22)14-8-13(18)9-19-12(14)2/h8-9,11H,6-7,10H2,1-5H3/t11-/m0/s1. The number of ether oxygens (including phenoxy) is 1. The van der Waals surface area contributed by atoms with Gasteiger partial charge in [0.1, 0.15) is 5.60 Å². The number of halogens is 1. The average molecular weight is 398 g/mol. The Labute approximate surface area is 151 Å². The summed E-state index contributed by atoms with van der Waals surface area (Å²) in [6.45, 7) is 10.7. The van der Waals surface area contributed by atoms with Gasteiger partial charge in [-0.25, -0.2) is 4.79 Å². The summed E-state index contributed by atoms with van der Waals surface area (Å²) in [5, 5.41) is 0. The second kappa shape index (κ2) is 7.09. The Kier molecular flexibility index (Phi) is 5.52. The van der Waals surface area contributed by atoms with Crippen LogP contribution in [0.1, 0.15) is 43.7 Å². The van der Waals surface area contributed by atoms with Crippen LogP contribution in [-0.2, 0) is 4.74 Å². The molecule has 0 bridgehead atoms. The SMILES string of the molecule is Cc1ncc(Br)cc1C(=O)N1CCN(C(=O)OC(C)(C)C)[C@@H](C)C1. The van der Waals surface area contributed by atoms with Gasteiger partial charge in [-0.05, 0) is 56.6 Å². The van der Waals surface area contributed by atoms with Gasteiger partial charge < -0.3 is 14.5 Å². The molecule has 1 aliphatic rings. The van der Waals surface area contributed by atoms with Crippen LogP contribution in [0.4, 0.5) is 4.79 Å². The number of hydrogen-bond donors (Lipinski definition) is 0. The molecular formula is C17H24BrN3O3. The molecule has 2 rings (SSSR count). The minimum atomic E-state index is -0.525. The summed E-state index contributed by atoms with van der Waals surface area (Å²) >= 11 is 3.35. The van der Waals surface area contributed by atoms with Gasteiger partial charge in [0, 0.05) is 36.3 Å². The normalized spacial score (nSPS) is 18.5. The highest BCUT2D eigenvalue weighted by atomic mass is 79.9. The number of carbonyl (C=O) groups excluding carboxylic acids is 2. The molecule has 1 aromatic rings. The lowest BCUT2D eigenvalue weighted by Crippen LogP contribution is -2.56. The minimum absolute atomic E-state index is 0.0583. The van der Waals surface area contributed by atoms with Crippen molar-refractivity contribution in [3.05, 3.63) is 28.0 Å². The van der Waals surface area contributed by atoms with Crippen LogP contribution in [0.25, 0.3) is 0 Å². The minimum Gasteiger partial charge on any atom is -0.444 e. The Balaban J connectivity index is 2.06. The highest BCUT2D eigenvalue weighted by Crippen LogP contribution is 2.19.